The van der Waals surface area contributed by atoms with Gasteiger partial charge in [-0.3, -0.25) is 18.6 Å². The molecule has 0 amide bonds. The smallest absolute Gasteiger partial charge is 0.457 e. The van der Waals surface area contributed by atoms with Crippen LogP contribution in [0.3, 0.4) is 0 Å². The maximum absolute atomic E-state index is 12.4. The molecule has 0 radical (unpaired) electrons. The van der Waals surface area contributed by atoms with Crippen LogP contribution in [0.4, 0.5) is 0 Å². The van der Waals surface area contributed by atoms with E-state index in [9.17, 15) is 29.3 Å². The topological polar surface area (TPSA) is 149 Å². The van der Waals surface area contributed by atoms with Crippen molar-refractivity contribution in [3.05, 3.63) is 72.9 Å². The molecule has 0 aliphatic carbocycles. The van der Waals surface area contributed by atoms with Gasteiger partial charge in [-0.15, -0.1) is 0 Å². The number of allylic oxidation sites excluding steroid dienone is 12. The number of hydrogen-bond donors (Lipinski definition) is 3. The lowest BCUT2D eigenvalue weighted by molar-refractivity contribution is -0.153. The zero-order valence-electron chi connectivity index (χ0n) is 36.9. The fourth-order valence-corrected chi connectivity index (χ4v) is 6.68. The summed E-state index contributed by atoms with van der Waals surface area (Å²) < 4.78 is 32.6. The molecule has 11 heteroatoms. The molecule has 0 bridgehead atoms. The number of unbranched alkanes of at least 4 members (excludes halogenated alkanes) is 16. The maximum Gasteiger partial charge on any atom is 0.472 e. The largest absolute Gasteiger partial charge is 0.472 e. The normalized spacial score (nSPS) is 14.5. The van der Waals surface area contributed by atoms with Gasteiger partial charge in [0.05, 0.1) is 26.4 Å². The number of aliphatic hydroxyl groups is 2. The van der Waals surface area contributed by atoms with Crippen LogP contribution < -0.4 is 0 Å². The molecule has 340 valence electrons. The quantitative estimate of drug-likeness (QED) is 0.0234. The van der Waals surface area contributed by atoms with Crippen molar-refractivity contribution < 1.29 is 47.8 Å². The highest BCUT2D eigenvalue weighted by Gasteiger charge is 2.27. The van der Waals surface area contributed by atoms with Crippen LogP contribution in [-0.4, -0.2) is 65.7 Å². The summed E-state index contributed by atoms with van der Waals surface area (Å²) in [6.45, 7) is 2.04. The molecule has 10 nitrogen and oxygen atoms in total. The standard InChI is InChI=1S/C48H83O10P/c1-3-5-7-9-11-13-15-17-19-21-22-24-26-28-30-32-34-36-38-40-48(52)58-46(42-50)44-56-59(53,54)55-43-45(41-49)57-47(51)39-37-35-33-31-29-27-25-23-20-18-16-14-12-10-8-6-4-2/h5,7,11-14,17-20,22,24,45-46,49-50H,3-4,6,8-10,15-16,21,23,25-44H2,1-2H3,(H,53,54)/b7-5-,13-11-,14-12-,19-17-,20-18-,24-22-. The Morgan fingerprint density at radius 1 is 0.475 bits per heavy atom. The highest BCUT2D eigenvalue weighted by molar-refractivity contribution is 7.47. The van der Waals surface area contributed by atoms with Crippen LogP contribution in [0.15, 0.2) is 72.9 Å². The van der Waals surface area contributed by atoms with Crippen molar-refractivity contribution in [3.63, 3.8) is 0 Å². The Balaban J connectivity index is 3.94. The number of rotatable bonds is 42. The lowest BCUT2D eigenvalue weighted by Crippen LogP contribution is -2.28. The summed E-state index contributed by atoms with van der Waals surface area (Å²) in [5.74, 6) is -1.04. The fraction of sp³-hybridized carbons (Fsp3) is 0.708. The van der Waals surface area contributed by atoms with Crippen LogP contribution in [0.5, 0.6) is 0 Å². The third-order valence-corrected chi connectivity index (χ3v) is 10.4. The predicted octanol–water partition coefficient (Wildman–Crippen LogP) is 12.4. The lowest BCUT2D eigenvalue weighted by atomic mass is 10.1. The summed E-state index contributed by atoms with van der Waals surface area (Å²) in [4.78, 5) is 34.6. The van der Waals surface area contributed by atoms with Gasteiger partial charge in [-0.2, -0.15) is 0 Å². The molecule has 0 heterocycles. The molecule has 0 aliphatic heterocycles. The minimum absolute atomic E-state index is 0.172. The van der Waals surface area contributed by atoms with Gasteiger partial charge in [0.2, 0.25) is 0 Å². The van der Waals surface area contributed by atoms with Gasteiger partial charge in [-0.1, -0.05) is 157 Å². The fourth-order valence-electron chi connectivity index (χ4n) is 5.90. The van der Waals surface area contributed by atoms with E-state index in [2.05, 4.69) is 86.8 Å². The average molecular weight is 851 g/mol. The summed E-state index contributed by atoms with van der Waals surface area (Å²) in [5.41, 5.74) is 0. The molecule has 0 spiro atoms. The zero-order valence-corrected chi connectivity index (χ0v) is 37.8. The van der Waals surface area contributed by atoms with E-state index in [-0.39, 0.29) is 12.8 Å². The average Bonchev–Trinajstić information content (AvgIpc) is 3.22. The van der Waals surface area contributed by atoms with Crippen molar-refractivity contribution in [2.24, 2.45) is 0 Å². The first-order chi connectivity index (χ1) is 28.8. The van der Waals surface area contributed by atoms with Crippen molar-refractivity contribution in [2.75, 3.05) is 26.4 Å². The molecule has 0 saturated carbocycles. The van der Waals surface area contributed by atoms with E-state index in [4.69, 9.17) is 18.5 Å². The van der Waals surface area contributed by atoms with Gasteiger partial charge in [0.25, 0.3) is 0 Å². The summed E-state index contributed by atoms with van der Waals surface area (Å²) in [6.07, 6.45) is 50.1. The second kappa shape index (κ2) is 43.5. The number of hydrogen-bond acceptors (Lipinski definition) is 9. The number of esters is 2. The SMILES string of the molecule is CC/C=C\C/C=C\C/C=C\C/C=C\CCCCCCCCC(=O)OC(CO)COP(=O)(O)OCC(CO)OC(=O)CCCCCCCCC/C=C\C/C=C\CCCCC. The van der Waals surface area contributed by atoms with Gasteiger partial charge >= 0.3 is 19.8 Å². The number of aliphatic hydroxyl groups excluding tert-OH is 2. The monoisotopic (exact) mass is 851 g/mol. The molecule has 0 aromatic carbocycles. The summed E-state index contributed by atoms with van der Waals surface area (Å²) in [7, 11) is -4.65. The van der Waals surface area contributed by atoms with E-state index in [0.717, 1.165) is 96.3 Å². The molecule has 0 aromatic heterocycles. The molecule has 3 atom stereocenters. The Hall–Kier alpha value is -2.59. The number of carbonyl (C=O) groups is 2. The molecule has 3 N–H and O–H groups in total. The molecular formula is C48H83O10P. The second-order valence-corrected chi connectivity index (χ2v) is 16.5. The maximum atomic E-state index is 12.4. The highest BCUT2D eigenvalue weighted by Crippen LogP contribution is 2.43. The first-order valence-corrected chi connectivity index (χ1v) is 24.4. The minimum Gasteiger partial charge on any atom is -0.457 e. The highest BCUT2D eigenvalue weighted by atomic mass is 31.2. The van der Waals surface area contributed by atoms with E-state index < -0.39 is 58.4 Å². The summed E-state index contributed by atoms with van der Waals surface area (Å²) in [5, 5.41) is 19.2. The number of carbonyl (C=O) groups excluding carboxylic acids is 2. The van der Waals surface area contributed by atoms with Crippen molar-refractivity contribution in [2.45, 2.75) is 193 Å². The summed E-state index contributed by atoms with van der Waals surface area (Å²) in [6, 6.07) is 0. The van der Waals surface area contributed by atoms with Crippen LogP contribution in [0.1, 0.15) is 181 Å². The number of phosphoric ester groups is 1. The van der Waals surface area contributed by atoms with E-state index in [1.165, 1.54) is 44.9 Å². The Kier molecular flexibility index (Phi) is 41.6. The lowest BCUT2D eigenvalue weighted by Gasteiger charge is -2.20. The molecule has 0 aromatic rings. The van der Waals surface area contributed by atoms with E-state index >= 15 is 0 Å². The Morgan fingerprint density at radius 3 is 1.15 bits per heavy atom. The first-order valence-electron chi connectivity index (χ1n) is 22.9. The van der Waals surface area contributed by atoms with Crippen molar-refractivity contribution in [1.82, 2.24) is 0 Å². The van der Waals surface area contributed by atoms with Crippen LogP contribution in [0.2, 0.25) is 0 Å². The van der Waals surface area contributed by atoms with E-state index in [0.29, 0.717) is 12.8 Å². The van der Waals surface area contributed by atoms with Crippen molar-refractivity contribution in [3.8, 4) is 0 Å². The first kappa shape index (κ1) is 56.4. The van der Waals surface area contributed by atoms with Crippen LogP contribution in [0, 0.1) is 0 Å². The Bertz CT molecular complexity index is 1210. The van der Waals surface area contributed by atoms with Crippen molar-refractivity contribution in [1.29, 1.82) is 0 Å². The van der Waals surface area contributed by atoms with Gasteiger partial charge in [0.1, 0.15) is 12.2 Å². The van der Waals surface area contributed by atoms with Crippen LogP contribution in [-0.2, 0) is 32.7 Å². The third kappa shape index (κ3) is 41.9. The van der Waals surface area contributed by atoms with Gasteiger partial charge < -0.3 is 24.6 Å². The molecule has 0 rings (SSSR count). The van der Waals surface area contributed by atoms with Crippen molar-refractivity contribution >= 4 is 19.8 Å². The van der Waals surface area contributed by atoms with Gasteiger partial charge in [-0.25, -0.2) is 4.57 Å². The molecule has 0 aliphatic rings. The minimum atomic E-state index is -4.65. The number of phosphoric acid groups is 1. The third-order valence-electron chi connectivity index (χ3n) is 9.40. The Labute approximate surface area is 358 Å². The summed E-state index contributed by atoms with van der Waals surface area (Å²) >= 11 is 0. The van der Waals surface area contributed by atoms with Gasteiger partial charge in [-0.05, 0) is 83.5 Å². The molecule has 59 heavy (non-hydrogen) atoms. The van der Waals surface area contributed by atoms with Crippen LogP contribution >= 0.6 is 7.82 Å². The van der Waals surface area contributed by atoms with Gasteiger partial charge in [0.15, 0.2) is 0 Å². The molecule has 0 fully saturated rings. The van der Waals surface area contributed by atoms with Gasteiger partial charge in [0, 0.05) is 12.8 Å². The Morgan fingerprint density at radius 2 is 0.797 bits per heavy atom. The van der Waals surface area contributed by atoms with Crippen LogP contribution in [0.25, 0.3) is 0 Å². The van der Waals surface area contributed by atoms with E-state index in [1.807, 2.05) is 0 Å². The second-order valence-electron chi connectivity index (χ2n) is 15.0. The predicted molar refractivity (Wildman–Crippen MR) is 242 cm³/mol. The molecular weight excluding hydrogens is 767 g/mol. The number of ether oxygens (including phenoxy) is 2. The van der Waals surface area contributed by atoms with E-state index in [1.54, 1.807) is 0 Å². The zero-order chi connectivity index (χ0) is 43.3. The molecule has 3 unspecified atom stereocenters. The molecule has 0 saturated heterocycles.